The predicted octanol–water partition coefficient (Wildman–Crippen LogP) is 6.02. The van der Waals surface area contributed by atoms with Gasteiger partial charge >= 0.3 is 6.09 Å². The molecule has 0 radical (unpaired) electrons. The molecule has 4 aliphatic rings. The number of nitrogens with zero attached hydrogens (tertiary/aromatic N) is 3. The van der Waals surface area contributed by atoms with E-state index in [1.807, 2.05) is 0 Å². The van der Waals surface area contributed by atoms with Crippen LogP contribution in [-0.4, -0.2) is 82.7 Å². The largest absolute Gasteiger partial charge is 0.444 e. The van der Waals surface area contributed by atoms with Crippen molar-refractivity contribution < 1.29 is 27.9 Å². The van der Waals surface area contributed by atoms with Crippen LogP contribution in [0.4, 0.5) is 13.6 Å². The summed E-state index contributed by atoms with van der Waals surface area (Å²) in [6.45, 7) is 7.57. The van der Waals surface area contributed by atoms with Crippen LogP contribution in [-0.2, 0) is 14.3 Å². The summed E-state index contributed by atoms with van der Waals surface area (Å²) in [4.78, 5) is 47.3. The van der Waals surface area contributed by atoms with Crippen molar-refractivity contribution in [2.24, 2.45) is 9.98 Å². The number of halogens is 6. The number of rotatable bonds is 2. The molecule has 0 atom stereocenters. The number of carbonyl (C=O) groups is 3. The van der Waals surface area contributed by atoms with E-state index < -0.39 is 34.4 Å². The van der Waals surface area contributed by atoms with Crippen molar-refractivity contribution in [3.63, 3.8) is 0 Å². The van der Waals surface area contributed by atoms with E-state index in [1.165, 1.54) is 18.2 Å². The van der Waals surface area contributed by atoms with Crippen LogP contribution < -0.4 is 16.0 Å². The zero-order chi connectivity index (χ0) is 35.3. The minimum absolute atomic E-state index is 0.0276. The Bertz CT molecular complexity index is 1600. The Kier molecular flexibility index (Phi) is 12.3. The van der Waals surface area contributed by atoms with Crippen LogP contribution in [0.5, 0.6) is 0 Å². The smallest absolute Gasteiger partial charge is 0.410 e. The van der Waals surface area contributed by atoms with E-state index in [2.05, 4.69) is 25.9 Å². The minimum atomic E-state index is -0.984. The van der Waals surface area contributed by atoms with Gasteiger partial charge in [-0.3, -0.25) is 19.6 Å². The monoisotopic (exact) mass is 746 g/mol. The zero-order valence-electron chi connectivity index (χ0n) is 26.6. The fourth-order valence-electron chi connectivity index (χ4n) is 5.57. The van der Waals surface area contributed by atoms with Crippen LogP contribution in [0.15, 0.2) is 46.4 Å². The highest BCUT2D eigenvalue weighted by Gasteiger charge is 2.48. The van der Waals surface area contributed by atoms with E-state index in [0.29, 0.717) is 38.8 Å². The normalized spacial score (nSPS) is 19.3. The van der Waals surface area contributed by atoms with E-state index in [1.54, 1.807) is 43.9 Å². The lowest BCUT2D eigenvalue weighted by Crippen LogP contribution is -2.51. The summed E-state index contributed by atoms with van der Waals surface area (Å²) in [7, 11) is 0. The first-order chi connectivity index (χ1) is 22.6. The van der Waals surface area contributed by atoms with E-state index in [0.717, 1.165) is 13.1 Å². The molecule has 2 aromatic rings. The number of aliphatic imine (C=N–C) groups is 2. The fourth-order valence-corrected chi connectivity index (χ4v) is 5.91. The molecule has 16 heteroatoms. The third-order valence-corrected chi connectivity index (χ3v) is 8.63. The predicted molar refractivity (Wildman–Crippen MR) is 183 cm³/mol. The first-order valence-electron chi connectivity index (χ1n) is 15.2. The Hall–Kier alpha value is -3.03. The minimum Gasteiger partial charge on any atom is -0.444 e. The molecule has 0 unspecified atom stereocenters. The van der Waals surface area contributed by atoms with Gasteiger partial charge in [0.1, 0.15) is 28.4 Å². The van der Waals surface area contributed by atoms with Crippen LogP contribution in [0, 0.1) is 11.6 Å². The molecule has 4 heterocycles. The summed E-state index contributed by atoms with van der Waals surface area (Å²) >= 11 is 21.1. The molecule has 2 fully saturated rings. The summed E-state index contributed by atoms with van der Waals surface area (Å²) in [5, 5.41) is 8.72. The number of piperidine rings is 2. The molecule has 4 aliphatic heterocycles. The molecule has 0 bridgehead atoms. The number of alkyl halides is 2. The van der Waals surface area contributed by atoms with Crippen LogP contribution in [0.3, 0.4) is 0 Å². The molecule has 2 saturated heterocycles. The standard InChI is InChI=1S/C18H21ClFN3O3.C13H13ClFN3O.CH2Cl2/c1-17(2,3)26-16(25)23-9-7-18(8-10-23)15(24)21-14(22-18)11-5-4-6-12(19)13(11)20;14-9-3-1-2-8(10(9)15)11-17-12(19)13(18-11)4-6-16-7-5-13;2-1-3/h4-6H,7-10H2,1-3H3,(H,21,22,24);1-3,16H,4-7H2,(H,17,18,19);1H2. The number of amidine groups is 2. The highest BCUT2D eigenvalue weighted by atomic mass is 35.5. The molecule has 6 rings (SSSR count). The van der Waals surface area contributed by atoms with Crippen molar-refractivity contribution in [2.75, 3.05) is 31.5 Å². The van der Waals surface area contributed by atoms with Gasteiger partial charge in [-0.15, -0.1) is 23.2 Å². The van der Waals surface area contributed by atoms with E-state index >= 15 is 0 Å². The van der Waals surface area contributed by atoms with Gasteiger partial charge in [-0.1, -0.05) is 35.3 Å². The highest BCUT2D eigenvalue weighted by Crippen LogP contribution is 2.33. The van der Waals surface area contributed by atoms with Gasteiger partial charge in [-0.2, -0.15) is 0 Å². The molecule has 2 aromatic carbocycles. The number of hydrogen-bond donors (Lipinski definition) is 3. The lowest BCUT2D eigenvalue weighted by atomic mass is 9.88. The number of ether oxygens (including phenoxy) is 1. The third-order valence-electron chi connectivity index (χ3n) is 8.05. The van der Waals surface area contributed by atoms with Gasteiger partial charge < -0.3 is 25.6 Å². The van der Waals surface area contributed by atoms with Crippen molar-refractivity contribution in [3.05, 3.63) is 69.2 Å². The molecule has 0 aliphatic carbocycles. The Morgan fingerprint density at radius 2 is 1.25 bits per heavy atom. The molecular formula is C32H36Cl4F2N6O4. The fraction of sp³-hybridized carbons (Fsp3) is 0.469. The summed E-state index contributed by atoms with van der Waals surface area (Å²) in [5.41, 5.74) is -1.89. The molecule has 3 amide bonds. The van der Waals surface area contributed by atoms with E-state index in [9.17, 15) is 23.2 Å². The van der Waals surface area contributed by atoms with Gasteiger partial charge in [0.25, 0.3) is 11.8 Å². The first kappa shape index (κ1) is 37.8. The van der Waals surface area contributed by atoms with Crippen LogP contribution in [0.1, 0.15) is 57.6 Å². The van der Waals surface area contributed by atoms with Gasteiger partial charge in [0.15, 0.2) is 11.6 Å². The second kappa shape index (κ2) is 15.7. The molecule has 10 nitrogen and oxygen atoms in total. The van der Waals surface area contributed by atoms with Gasteiger partial charge in [0.05, 0.1) is 26.5 Å². The lowest BCUT2D eigenvalue weighted by Gasteiger charge is -2.36. The number of amides is 3. The van der Waals surface area contributed by atoms with Crippen molar-refractivity contribution >= 4 is 76.0 Å². The number of benzene rings is 2. The van der Waals surface area contributed by atoms with E-state index in [-0.39, 0.29) is 50.0 Å². The number of likely N-dealkylation sites (tertiary alicyclic amines) is 1. The number of carbonyl (C=O) groups excluding carboxylic acids is 3. The number of hydrogen-bond acceptors (Lipinski definition) is 7. The average Bonchev–Trinajstić information content (AvgIpc) is 3.51. The Morgan fingerprint density at radius 1 is 0.833 bits per heavy atom. The topological polar surface area (TPSA) is 124 Å². The molecule has 2 spiro atoms. The van der Waals surface area contributed by atoms with Crippen molar-refractivity contribution in [2.45, 2.75) is 63.1 Å². The number of nitrogens with one attached hydrogen (secondary N) is 3. The second-order valence-electron chi connectivity index (χ2n) is 12.4. The molecule has 0 saturated carbocycles. The van der Waals surface area contributed by atoms with Gasteiger partial charge in [-0.25, -0.2) is 13.6 Å². The summed E-state index contributed by atoms with van der Waals surface area (Å²) in [6.07, 6.45) is 1.55. The molecule has 3 N–H and O–H groups in total. The molecule has 0 aromatic heterocycles. The summed E-state index contributed by atoms with van der Waals surface area (Å²) in [6, 6.07) is 9.24. The first-order valence-corrected chi connectivity index (χ1v) is 17.0. The highest BCUT2D eigenvalue weighted by molar-refractivity contribution is 6.40. The zero-order valence-corrected chi connectivity index (χ0v) is 29.6. The maximum Gasteiger partial charge on any atom is 0.410 e. The second-order valence-corrected chi connectivity index (χ2v) is 14.0. The van der Waals surface area contributed by atoms with Crippen molar-refractivity contribution in [1.82, 2.24) is 20.9 Å². The Morgan fingerprint density at radius 3 is 1.67 bits per heavy atom. The average molecular weight is 748 g/mol. The third kappa shape index (κ3) is 8.57. The van der Waals surface area contributed by atoms with Gasteiger partial charge in [0.2, 0.25) is 0 Å². The summed E-state index contributed by atoms with van der Waals surface area (Å²) < 4.78 is 33.5. The van der Waals surface area contributed by atoms with Crippen LogP contribution in [0.25, 0.3) is 0 Å². The maximum absolute atomic E-state index is 14.2. The maximum atomic E-state index is 14.2. The Balaban J connectivity index is 0.000000208. The van der Waals surface area contributed by atoms with Crippen molar-refractivity contribution in [1.29, 1.82) is 0 Å². The SMILES string of the molecule is CC(C)(C)OC(=O)N1CCC2(CC1)N=C(c1cccc(Cl)c1F)NC2=O.ClCCl.O=C1NC(c2cccc(Cl)c2F)=NC12CCNCC2. The Labute approximate surface area is 297 Å². The molecule has 260 valence electrons. The van der Waals surface area contributed by atoms with Gasteiger partial charge in [-0.05, 0) is 83.8 Å². The van der Waals surface area contributed by atoms with E-state index in [4.69, 9.17) is 51.1 Å². The van der Waals surface area contributed by atoms with Crippen LogP contribution >= 0.6 is 46.4 Å². The van der Waals surface area contributed by atoms with Crippen molar-refractivity contribution in [3.8, 4) is 0 Å². The summed E-state index contributed by atoms with van der Waals surface area (Å²) in [5.74, 6) is -1.13. The van der Waals surface area contributed by atoms with Crippen LogP contribution in [0.2, 0.25) is 10.0 Å². The lowest BCUT2D eigenvalue weighted by molar-refractivity contribution is -0.125. The van der Waals surface area contributed by atoms with Gasteiger partial charge in [0, 0.05) is 13.1 Å². The quantitative estimate of drug-likeness (QED) is 0.324. The molecular weight excluding hydrogens is 712 g/mol. The molecule has 48 heavy (non-hydrogen) atoms.